The first kappa shape index (κ1) is 13.3. The van der Waals surface area contributed by atoms with E-state index in [0.717, 1.165) is 12.5 Å². The molecule has 0 spiro atoms. The standard InChI is InChI=1S/C15H22FNO/c1-12-4-2-6-14(10-12)17-8-9-18-15-7-3-5-13(16)11-15/h3,5,7,11-12,14,17H,2,4,6,8-10H2,1H3. The maximum absolute atomic E-state index is 12.9. The summed E-state index contributed by atoms with van der Waals surface area (Å²) in [5.74, 6) is 1.19. The van der Waals surface area contributed by atoms with Crippen molar-refractivity contribution in [1.29, 1.82) is 0 Å². The molecule has 1 aromatic carbocycles. The summed E-state index contributed by atoms with van der Waals surface area (Å²) in [6.07, 6.45) is 5.21. The molecular formula is C15H22FNO. The Bertz CT molecular complexity index is 369. The van der Waals surface area contributed by atoms with Gasteiger partial charge in [0, 0.05) is 18.7 Å². The largest absolute Gasteiger partial charge is 0.492 e. The van der Waals surface area contributed by atoms with Crippen LogP contribution in [-0.2, 0) is 0 Å². The molecular weight excluding hydrogens is 229 g/mol. The van der Waals surface area contributed by atoms with Crippen LogP contribution in [0.3, 0.4) is 0 Å². The molecule has 0 bridgehead atoms. The molecule has 1 N–H and O–H groups in total. The van der Waals surface area contributed by atoms with E-state index >= 15 is 0 Å². The van der Waals surface area contributed by atoms with Crippen molar-refractivity contribution < 1.29 is 9.13 Å². The first-order chi connectivity index (χ1) is 8.74. The zero-order valence-electron chi connectivity index (χ0n) is 11.0. The van der Waals surface area contributed by atoms with Gasteiger partial charge in [0.15, 0.2) is 0 Å². The first-order valence-electron chi connectivity index (χ1n) is 6.86. The molecule has 0 radical (unpaired) electrons. The Morgan fingerprint density at radius 1 is 1.39 bits per heavy atom. The molecule has 2 rings (SSSR count). The van der Waals surface area contributed by atoms with Crippen LogP contribution >= 0.6 is 0 Å². The molecule has 1 aliphatic carbocycles. The molecule has 100 valence electrons. The molecule has 1 fully saturated rings. The number of nitrogens with one attached hydrogen (secondary N) is 1. The van der Waals surface area contributed by atoms with Crippen molar-refractivity contribution in [2.45, 2.75) is 38.6 Å². The maximum atomic E-state index is 12.9. The van der Waals surface area contributed by atoms with Crippen molar-refractivity contribution in [3.05, 3.63) is 30.1 Å². The van der Waals surface area contributed by atoms with E-state index in [-0.39, 0.29) is 5.82 Å². The van der Waals surface area contributed by atoms with Gasteiger partial charge in [0.25, 0.3) is 0 Å². The molecule has 1 aromatic rings. The van der Waals surface area contributed by atoms with E-state index in [0.29, 0.717) is 18.4 Å². The number of benzene rings is 1. The lowest BCUT2D eigenvalue weighted by Crippen LogP contribution is -2.36. The third kappa shape index (κ3) is 4.30. The van der Waals surface area contributed by atoms with E-state index in [1.165, 1.54) is 37.8 Å². The predicted octanol–water partition coefficient (Wildman–Crippen LogP) is 3.37. The maximum Gasteiger partial charge on any atom is 0.126 e. The summed E-state index contributed by atoms with van der Waals surface area (Å²) in [4.78, 5) is 0. The molecule has 0 heterocycles. The minimum Gasteiger partial charge on any atom is -0.492 e. The van der Waals surface area contributed by atoms with Gasteiger partial charge >= 0.3 is 0 Å². The fourth-order valence-corrected chi connectivity index (χ4v) is 2.61. The highest BCUT2D eigenvalue weighted by molar-refractivity contribution is 5.22. The highest BCUT2D eigenvalue weighted by atomic mass is 19.1. The zero-order valence-corrected chi connectivity index (χ0v) is 11.0. The van der Waals surface area contributed by atoms with Gasteiger partial charge in [-0.2, -0.15) is 0 Å². The van der Waals surface area contributed by atoms with Crippen LogP contribution in [0.15, 0.2) is 24.3 Å². The Labute approximate surface area is 109 Å². The van der Waals surface area contributed by atoms with Crippen LogP contribution in [0.2, 0.25) is 0 Å². The minimum absolute atomic E-state index is 0.249. The summed E-state index contributed by atoms with van der Waals surface area (Å²) < 4.78 is 18.4. The van der Waals surface area contributed by atoms with Gasteiger partial charge in [0.2, 0.25) is 0 Å². The molecule has 1 aliphatic rings. The summed E-state index contributed by atoms with van der Waals surface area (Å²) in [6.45, 7) is 3.74. The van der Waals surface area contributed by atoms with Gasteiger partial charge < -0.3 is 10.1 Å². The number of hydrogen-bond acceptors (Lipinski definition) is 2. The summed E-state index contributed by atoms with van der Waals surface area (Å²) >= 11 is 0. The SMILES string of the molecule is CC1CCCC(NCCOc2cccc(F)c2)C1. The lowest BCUT2D eigenvalue weighted by Gasteiger charge is -2.27. The van der Waals surface area contributed by atoms with Gasteiger partial charge in [-0.05, 0) is 30.9 Å². The van der Waals surface area contributed by atoms with Crippen molar-refractivity contribution in [1.82, 2.24) is 5.32 Å². The number of rotatable bonds is 5. The Morgan fingerprint density at radius 2 is 2.28 bits per heavy atom. The number of hydrogen-bond donors (Lipinski definition) is 1. The second-order valence-corrected chi connectivity index (χ2v) is 5.23. The highest BCUT2D eigenvalue weighted by Gasteiger charge is 2.17. The van der Waals surface area contributed by atoms with E-state index in [9.17, 15) is 4.39 Å². The topological polar surface area (TPSA) is 21.3 Å². The average Bonchev–Trinajstić information content (AvgIpc) is 2.35. The monoisotopic (exact) mass is 251 g/mol. The lowest BCUT2D eigenvalue weighted by molar-refractivity contribution is 0.266. The fourth-order valence-electron chi connectivity index (χ4n) is 2.61. The fraction of sp³-hybridized carbons (Fsp3) is 0.600. The van der Waals surface area contributed by atoms with E-state index in [1.54, 1.807) is 12.1 Å². The summed E-state index contributed by atoms with van der Waals surface area (Å²) in [6, 6.07) is 6.93. The Kier molecular flexibility index (Phi) is 5.00. The van der Waals surface area contributed by atoms with E-state index in [1.807, 2.05) is 0 Å². The van der Waals surface area contributed by atoms with Crippen LogP contribution < -0.4 is 10.1 Å². The summed E-state index contributed by atoms with van der Waals surface area (Å²) in [5, 5.41) is 3.52. The Morgan fingerprint density at radius 3 is 3.06 bits per heavy atom. The number of ether oxygens (including phenoxy) is 1. The normalized spacial score (nSPS) is 23.9. The first-order valence-corrected chi connectivity index (χ1v) is 6.86. The van der Waals surface area contributed by atoms with Crippen molar-refractivity contribution >= 4 is 0 Å². The molecule has 3 heteroatoms. The van der Waals surface area contributed by atoms with Gasteiger partial charge in [-0.3, -0.25) is 0 Å². The molecule has 1 saturated carbocycles. The van der Waals surface area contributed by atoms with E-state index < -0.39 is 0 Å². The lowest BCUT2D eigenvalue weighted by atomic mass is 9.87. The zero-order chi connectivity index (χ0) is 12.8. The van der Waals surface area contributed by atoms with Crippen LogP contribution in [0.1, 0.15) is 32.6 Å². The second-order valence-electron chi connectivity index (χ2n) is 5.23. The van der Waals surface area contributed by atoms with Crippen LogP contribution in [0.25, 0.3) is 0 Å². The molecule has 0 saturated heterocycles. The van der Waals surface area contributed by atoms with Gasteiger partial charge in [-0.1, -0.05) is 25.8 Å². The van der Waals surface area contributed by atoms with E-state index in [2.05, 4.69) is 12.2 Å². The van der Waals surface area contributed by atoms with Crippen molar-refractivity contribution in [3.8, 4) is 5.75 Å². The smallest absolute Gasteiger partial charge is 0.126 e. The third-order valence-electron chi connectivity index (χ3n) is 3.54. The van der Waals surface area contributed by atoms with Gasteiger partial charge in [0.1, 0.15) is 18.2 Å². The number of halogens is 1. The van der Waals surface area contributed by atoms with Crippen molar-refractivity contribution in [2.24, 2.45) is 5.92 Å². The predicted molar refractivity (Wildman–Crippen MR) is 71.3 cm³/mol. The van der Waals surface area contributed by atoms with Gasteiger partial charge in [0.05, 0.1) is 0 Å². The van der Waals surface area contributed by atoms with Gasteiger partial charge in [-0.25, -0.2) is 4.39 Å². The van der Waals surface area contributed by atoms with E-state index in [4.69, 9.17) is 4.74 Å². The van der Waals surface area contributed by atoms with Crippen LogP contribution in [-0.4, -0.2) is 19.2 Å². The minimum atomic E-state index is -0.249. The third-order valence-corrected chi connectivity index (χ3v) is 3.54. The second kappa shape index (κ2) is 6.74. The van der Waals surface area contributed by atoms with Crippen LogP contribution in [0.4, 0.5) is 4.39 Å². The molecule has 0 amide bonds. The molecule has 2 unspecified atom stereocenters. The Hall–Kier alpha value is -1.09. The average molecular weight is 251 g/mol. The molecule has 0 aliphatic heterocycles. The highest BCUT2D eigenvalue weighted by Crippen LogP contribution is 2.23. The van der Waals surface area contributed by atoms with Crippen LogP contribution in [0, 0.1) is 11.7 Å². The van der Waals surface area contributed by atoms with Gasteiger partial charge in [-0.15, -0.1) is 0 Å². The quantitative estimate of drug-likeness (QED) is 0.810. The van der Waals surface area contributed by atoms with Crippen molar-refractivity contribution in [3.63, 3.8) is 0 Å². The Balaban J connectivity index is 1.64. The molecule has 18 heavy (non-hydrogen) atoms. The molecule has 2 atom stereocenters. The summed E-state index contributed by atoms with van der Waals surface area (Å²) in [5.41, 5.74) is 0. The summed E-state index contributed by atoms with van der Waals surface area (Å²) in [7, 11) is 0. The van der Waals surface area contributed by atoms with Crippen molar-refractivity contribution in [2.75, 3.05) is 13.2 Å². The molecule has 0 aromatic heterocycles. The molecule has 2 nitrogen and oxygen atoms in total. The van der Waals surface area contributed by atoms with Crippen LogP contribution in [0.5, 0.6) is 5.75 Å².